The molecule has 4 N–H and O–H groups in total. The van der Waals surface area contributed by atoms with Crippen molar-refractivity contribution in [1.82, 2.24) is 19.5 Å². The van der Waals surface area contributed by atoms with E-state index in [0.717, 1.165) is 5.56 Å². The lowest BCUT2D eigenvalue weighted by Gasteiger charge is -2.17. The van der Waals surface area contributed by atoms with Crippen LogP contribution in [0.3, 0.4) is 0 Å². The average molecular weight is 357 g/mol. The summed E-state index contributed by atoms with van der Waals surface area (Å²) in [6.45, 7) is -0.268. The molecular weight excluding hydrogens is 338 g/mol. The lowest BCUT2D eigenvalue weighted by Crippen LogP contribution is -2.24. The summed E-state index contributed by atoms with van der Waals surface area (Å²) in [6, 6.07) is 7.42. The number of nitrogens with zero attached hydrogens (tertiary/aromatic N) is 4. The highest BCUT2D eigenvalue weighted by atomic mass is 16.5. The van der Waals surface area contributed by atoms with Crippen molar-refractivity contribution >= 4 is 17.0 Å². The van der Waals surface area contributed by atoms with Crippen molar-refractivity contribution in [2.75, 3.05) is 19.5 Å². The molecule has 2 aromatic heterocycles. The zero-order valence-electron chi connectivity index (χ0n) is 14.1. The molecular formula is C17H19N5O4. The minimum absolute atomic E-state index is 0.259. The Kier molecular flexibility index (Phi) is 4.19. The Morgan fingerprint density at radius 1 is 1.38 bits per heavy atom. The number of anilines is 1. The Labute approximate surface area is 149 Å². The zero-order valence-corrected chi connectivity index (χ0v) is 14.1. The van der Waals surface area contributed by atoms with Crippen molar-refractivity contribution in [3.63, 3.8) is 0 Å². The summed E-state index contributed by atoms with van der Waals surface area (Å²) in [5, 5.41) is 19.5. The molecule has 4 rings (SSSR count). The summed E-state index contributed by atoms with van der Waals surface area (Å²) >= 11 is 0. The maximum Gasteiger partial charge on any atom is 0.168 e. The zero-order chi connectivity index (χ0) is 18.3. The van der Waals surface area contributed by atoms with Gasteiger partial charge in [0.15, 0.2) is 17.0 Å². The minimum atomic E-state index is -0.778. The molecule has 9 heteroatoms. The lowest BCUT2D eigenvalue weighted by molar-refractivity contribution is -0.0426. The first-order chi connectivity index (χ1) is 12.6. The van der Waals surface area contributed by atoms with Crippen molar-refractivity contribution in [1.29, 1.82) is 0 Å². The molecule has 1 aromatic carbocycles. The monoisotopic (exact) mass is 357 g/mol. The number of rotatable bonds is 4. The van der Waals surface area contributed by atoms with Gasteiger partial charge in [0.25, 0.3) is 0 Å². The van der Waals surface area contributed by atoms with E-state index >= 15 is 0 Å². The summed E-state index contributed by atoms with van der Waals surface area (Å²) in [4.78, 5) is 12.9. The molecule has 3 aromatic rings. The van der Waals surface area contributed by atoms with Crippen LogP contribution in [-0.2, 0) is 4.74 Å². The maximum absolute atomic E-state index is 10.1. The van der Waals surface area contributed by atoms with Gasteiger partial charge in [0.2, 0.25) is 0 Å². The Hall–Kier alpha value is -2.75. The molecule has 0 unspecified atom stereocenters. The third-order valence-electron chi connectivity index (χ3n) is 4.51. The normalized spacial score (nSPS) is 22.8. The van der Waals surface area contributed by atoms with Gasteiger partial charge in [-0.25, -0.2) is 15.0 Å². The minimum Gasteiger partial charge on any atom is -0.497 e. The molecule has 0 saturated carbocycles. The molecule has 3 heterocycles. The van der Waals surface area contributed by atoms with Crippen LogP contribution < -0.4 is 10.5 Å². The van der Waals surface area contributed by atoms with E-state index in [2.05, 4.69) is 15.0 Å². The van der Waals surface area contributed by atoms with Gasteiger partial charge in [0.05, 0.1) is 19.8 Å². The molecule has 9 nitrogen and oxygen atoms in total. The number of fused-ring (bicyclic) bond motifs is 1. The number of aliphatic hydroxyl groups excluding tert-OH is 2. The summed E-state index contributed by atoms with van der Waals surface area (Å²) in [5.41, 5.74) is 7.71. The van der Waals surface area contributed by atoms with Gasteiger partial charge in [0, 0.05) is 12.0 Å². The Morgan fingerprint density at radius 3 is 2.96 bits per heavy atom. The number of benzene rings is 1. The van der Waals surface area contributed by atoms with Crippen LogP contribution in [0.5, 0.6) is 5.75 Å². The van der Waals surface area contributed by atoms with Gasteiger partial charge in [-0.1, -0.05) is 12.1 Å². The van der Waals surface area contributed by atoms with Gasteiger partial charge < -0.3 is 25.4 Å². The van der Waals surface area contributed by atoms with Crippen LogP contribution >= 0.6 is 0 Å². The molecule has 1 fully saturated rings. The fourth-order valence-electron chi connectivity index (χ4n) is 3.20. The largest absolute Gasteiger partial charge is 0.497 e. The number of ether oxygens (including phenoxy) is 2. The third kappa shape index (κ3) is 2.66. The van der Waals surface area contributed by atoms with E-state index in [4.69, 9.17) is 15.2 Å². The van der Waals surface area contributed by atoms with Gasteiger partial charge in [-0.3, -0.25) is 4.57 Å². The van der Waals surface area contributed by atoms with E-state index in [1.807, 2.05) is 24.3 Å². The van der Waals surface area contributed by atoms with Gasteiger partial charge in [-0.05, 0) is 12.1 Å². The van der Waals surface area contributed by atoms with Crippen molar-refractivity contribution < 1.29 is 19.7 Å². The molecule has 0 amide bonds. The first kappa shape index (κ1) is 16.7. The highest BCUT2D eigenvalue weighted by Gasteiger charge is 2.37. The number of aromatic nitrogens is 4. The first-order valence-corrected chi connectivity index (χ1v) is 8.19. The summed E-state index contributed by atoms with van der Waals surface area (Å²) in [7, 11) is 1.59. The van der Waals surface area contributed by atoms with Crippen LogP contribution in [0.15, 0.2) is 30.6 Å². The number of hydrogen-bond donors (Lipinski definition) is 3. The molecule has 0 bridgehead atoms. The molecule has 1 aliphatic heterocycles. The molecule has 1 aliphatic rings. The highest BCUT2D eigenvalue weighted by molar-refractivity contribution is 5.85. The Balaban J connectivity index is 1.91. The van der Waals surface area contributed by atoms with Crippen LogP contribution in [0.2, 0.25) is 0 Å². The van der Waals surface area contributed by atoms with Crippen LogP contribution in [0.1, 0.15) is 12.6 Å². The van der Waals surface area contributed by atoms with E-state index in [-0.39, 0.29) is 12.4 Å². The molecule has 136 valence electrons. The Bertz CT molecular complexity index is 944. The first-order valence-electron chi connectivity index (χ1n) is 8.19. The average Bonchev–Trinajstić information content (AvgIpc) is 3.22. The van der Waals surface area contributed by atoms with E-state index in [9.17, 15) is 10.2 Å². The second kappa shape index (κ2) is 6.52. The summed E-state index contributed by atoms with van der Waals surface area (Å²) in [6.07, 6.45) is -0.310. The summed E-state index contributed by atoms with van der Waals surface area (Å²) < 4.78 is 12.9. The number of methoxy groups -OCH3 is 1. The molecule has 3 atom stereocenters. The molecule has 0 aliphatic carbocycles. The maximum atomic E-state index is 10.1. The number of aliphatic hydroxyl groups is 2. The van der Waals surface area contributed by atoms with Gasteiger partial charge in [0.1, 0.15) is 30.2 Å². The standard InChI is InChI=1S/C17H19N5O4/c1-25-10-4-2-3-9(5-10)16-21-14-15(18)19-8-20-17(14)22(16)13-6-11(24)12(7-23)26-13/h2-5,8,11-13,23-24H,6-7H2,1H3,(H2,18,19,20)/t11-,12+,13+/m0/s1. The number of hydrogen-bond acceptors (Lipinski definition) is 8. The van der Waals surface area contributed by atoms with E-state index < -0.39 is 18.4 Å². The number of nitrogen functional groups attached to an aromatic ring is 1. The van der Waals surface area contributed by atoms with Crippen LogP contribution in [0, 0.1) is 0 Å². The van der Waals surface area contributed by atoms with Gasteiger partial charge >= 0.3 is 0 Å². The second-order valence-corrected chi connectivity index (χ2v) is 6.08. The van der Waals surface area contributed by atoms with Crippen LogP contribution in [-0.4, -0.2) is 55.7 Å². The van der Waals surface area contributed by atoms with Crippen molar-refractivity contribution in [3.05, 3.63) is 30.6 Å². The predicted octanol–water partition coefficient (Wildman–Crippen LogP) is 0.725. The van der Waals surface area contributed by atoms with E-state index in [0.29, 0.717) is 29.2 Å². The summed E-state index contributed by atoms with van der Waals surface area (Å²) in [5.74, 6) is 1.51. The van der Waals surface area contributed by atoms with Crippen molar-refractivity contribution in [2.24, 2.45) is 0 Å². The lowest BCUT2D eigenvalue weighted by atomic mass is 10.1. The molecule has 0 radical (unpaired) electrons. The van der Waals surface area contributed by atoms with Gasteiger partial charge in [-0.2, -0.15) is 0 Å². The van der Waals surface area contributed by atoms with Crippen LogP contribution in [0.4, 0.5) is 5.82 Å². The predicted molar refractivity (Wildman–Crippen MR) is 93.3 cm³/mol. The molecule has 0 spiro atoms. The molecule has 1 saturated heterocycles. The van der Waals surface area contributed by atoms with E-state index in [1.165, 1.54) is 6.33 Å². The van der Waals surface area contributed by atoms with Crippen molar-refractivity contribution in [2.45, 2.75) is 24.9 Å². The molecule has 26 heavy (non-hydrogen) atoms. The highest BCUT2D eigenvalue weighted by Crippen LogP contribution is 2.36. The van der Waals surface area contributed by atoms with E-state index in [1.54, 1.807) is 11.7 Å². The van der Waals surface area contributed by atoms with Gasteiger partial charge in [-0.15, -0.1) is 0 Å². The quantitative estimate of drug-likeness (QED) is 0.623. The SMILES string of the molecule is COc1cccc(-c2nc3c(N)ncnc3n2[C@H]2C[C@H](O)[C@@H](CO)O2)c1. The number of nitrogens with two attached hydrogens (primary N) is 1. The third-order valence-corrected chi connectivity index (χ3v) is 4.51. The fraction of sp³-hybridized carbons (Fsp3) is 0.353. The topological polar surface area (TPSA) is 129 Å². The Morgan fingerprint density at radius 2 is 2.23 bits per heavy atom. The van der Waals surface area contributed by atoms with Crippen molar-refractivity contribution in [3.8, 4) is 17.1 Å². The number of imidazole rings is 1. The smallest absolute Gasteiger partial charge is 0.168 e. The van der Waals surface area contributed by atoms with Crippen LogP contribution in [0.25, 0.3) is 22.6 Å². The second-order valence-electron chi connectivity index (χ2n) is 6.08. The fourth-order valence-corrected chi connectivity index (χ4v) is 3.20.